The zero-order valence-electron chi connectivity index (χ0n) is 13.6. The maximum absolute atomic E-state index is 6.18. The van der Waals surface area contributed by atoms with E-state index in [0.717, 1.165) is 30.3 Å². The van der Waals surface area contributed by atoms with Gasteiger partial charge in [-0.25, -0.2) is 0 Å². The number of hydrogen-bond acceptors (Lipinski definition) is 1. The van der Waals surface area contributed by atoms with Crippen LogP contribution in [0.5, 0.6) is 5.75 Å². The maximum Gasteiger partial charge on any atom is 0.137 e. The Hall–Kier alpha value is -1.97. The molecule has 1 aliphatic carbocycles. The fourth-order valence-corrected chi connectivity index (χ4v) is 3.84. The molecular formula is C20H22ClN2O+. The molecule has 2 aromatic carbocycles. The zero-order chi connectivity index (χ0) is 16.4. The van der Waals surface area contributed by atoms with Crippen LogP contribution in [-0.4, -0.2) is 18.1 Å². The molecule has 0 saturated heterocycles. The Morgan fingerprint density at radius 3 is 2.92 bits per heavy atom. The monoisotopic (exact) mass is 341 g/mol. The highest BCUT2D eigenvalue weighted by molar-refractivity contribution is 6.31. The number of aromatic amines is 1. The van der Waals surface area contributed by atoms with Gasteiger partial charge in [-0.15, -0.1) is 0 Å². The molecule has 4 heteroatoms. The summed E-state index contributed by atoms with van der Waals surface area (Å²) in [6.07, 6.45) is 3.58. The van der Waals surface area contributed by atoms with Crippen LogP contribution in [0.25, 0.3) is 10.9 Å². The Kier molecular flexibility index (Phi) is 4.46. The minimum atomic E-state index is 0.485. The van der Waals surface area contributed by atoms with Crippen LogP contribution in [0.1, 0.15) is 30.1 Å². The molecular weight excluding hydrogens is 320 g/mol. The number of ether oxygens (including phenoxy) is 1. The van der Waals surface area contributed by atoms with Gasteiger partial charge in [0, 0.05) is 22.3 Å². The minimum Gasteiger partial charge on any atom is -0.488 e. The highest BCUT2D eigenvalue weighted by atomic mass is 35.5. The second-order valence-electron chi connectivity index (χ2n) is 6.39. The minimum absolute atomic E-state index is 0.485. The molecule has 1 heterocycles. The zero-order valence-corrected chi connectivity index (χ0v) is 14.4. The molecule has 4 rings (SSSR count). The number of quaternary nitrogens is 1. The first-order chi connectivity index (χ1) is 11.8. The third-order valence-electron chi connectivity index (χ3n) is 4.79. The molecule has 0 bridgehead atoms. The second-order valence-corrected chi connectivity index (χ2v) is 6.83. The van der Waals surface area contributed by atoms with Crippen molar-refractivity contribution >= 4 is 22.5 Å². The van der Waals surface area contributed by atoms with Crippen molar-refractivity contribution in [3.8, 4) is 5.75 Å². The van der Waals surface area contributed by atoms with Crippen molar-refractivity contribution in [2.24, 2.45) is 0 Å². The van der Waals surface area contributed by atoms with Crippen molar-refractivity contribution in [3.63, 3.8) is 0 Å². The Balaban J connectivity index is 1.43. The quantitative estimate of drug-likeness (QED) is 0.680. The number of fused-ring (bicyclic) bond motifs is 3. The van der Waals surface area contributed by atoms with E-state index in [1.807, 2.05) is 36.4 Å². The van der Waals surface area contributed by atoms with Crippen LogP contribution in [0, 0.1) is 0 Å². The Morgan fingerprint density at radius 1 is 1.17 bits per heavy atom. The van der Waals surface area contributed by atoms with Crippen molar-refractivity contribution in [2.75, 3.05) is 13.2 Å². The molecule has 1 aliphatic rings. The first-order valence-electron chi connectivity index (χ1n) is 8.62. The summed E-state index contributed by atoms with van der Waals surface area (Å²) >= 11 is 6.18. The number of rotatable bonds is 5. The van der Waals surface area contributed by atoms with E-state index in [2.05, 4.69) is 22.4 Å². The lowest BCUT2D eigenvalue weighted by Gasteiger charge is -2.21. The van der Waals surface area contributed by atoms with Crippen LogP contribution in [0.2, 0.25) is 5.02 Å². The molecule has 3 N–H and O–H groups in total. The number of nitrogens with two attached hydrogens (primary N) is 1. The number of aromatic nitrogens is 1. The average molecular weight is 342 g/mol. The lowest BCUT2D eigenvalue weighted by Crippen LogP contribution is -2.86. The Bertz CT molecular complexity index is 828. The van der Waals surface area contributed by atoms with Crippen LogP contribution in [0.15, 0.2) is 48.5 Å². The molecule has 1 aromatic heterocycles. The molecule has 0 aliphatic heterocycles. The molecule has 1 atom stereocenters. The van der Waals surface area contributed by atoms with E-state index in [1.165, 1.54) is 35.0 Å². The summed E-state index contributed by atoms with van der Waals surface area (Å²) < 4.78 is 5.80. The average Bonchev–Trinajstić information content (AvgIpc) is 2.98. The summed E-state index contributed by atoms with van der Waals surface area (Å²) in [5.41, 5.74) is 4.02. The highest BCUT2D eigenvalue weighted by Crippen LogP contribution is 2.34. The standard InChI is InChI=1S/C20H21ClN2O/c21-14-9-10-18-17(13-14)16-7-4-8-19(20(16)23-18)22-11-12-24-15-5-2-1-3-6-15/h1-3,5-6,9-10,13,19,22-23H,4,7-8,11-12H2/p+1/t19-/m1/s1. The van der Waals surface area contributed by atoms with Crippen molar-refractivity contribution in [2.45, 2.75) is 25.3 Å². The molecule has 24 heavy (non-hydrogen) atoms. The van der Waals surface area contributed by atoms with Gasteiger partial charge in [-0.05, 0) is 48.7 Å². The van der Waals surface area contributed by atoms with Crippen LogP contribution in [-0.2, 0) is 6.42 Å². The van der Waals surface area contributed by atoms with E-state index in [-0.39, 0.29) is 0 Å². The number of halogens is 1. The summed E-state index contributed by atoms with van der Waals surface area (Å²) in [7, 11) is 0. The molecule has 3 nitrogen and oxygen atoms in total. The van der Waals surface area contributed by atoms with Gasteiger partial charge in [0.25, 0.3) is 0 Å². The largest absolute Gasteiger partial charge is 0.488 e. The predicted molar refractivity (Wildman–Crippen MR) is 97.7 cm³/mol. The number of benzene rings is 2. The maximum atomic E-state index is 6.18. The van der Waals surface area contributed by atoms with Crippen LogP contribution in [0.4, 0.5) is 0 Å². The Labute approximate surface area is 147 Å². The third-order valence-corrected chi connectivity index (χ3v) is 5.03. The molecule has 0 radical (unpaired) electrons. The normalized spacial score (nSPS) is 17.0. The van der Waals surface area contributed by atoms with Gasteiger partial charge in [-0.3, -0.25) is 0 Å². The molecule has 0 spiro atoms. The third kappa shape index (κ3) is 3.14. The van der Waals surface area contributed by atoms with Gasteiger partial charge in [-0.1, -0.05) is 29.8 Å². The summed E-state index contributed by atoms with van der Waals surface area (Å²) in [4.78, 5) is 3.62. The van der Waals surface area contributed by atoms with E-state index in [1.54, 1.807) is 0 Å². The fraction of sp³-hybridized carbons (Fsp3) is 0.300. The first-order valence-corrected chi connectivity index (χ1v) is 9.00. The summed E-state index contributed by atoms with van der Waals surface area (Å²) in [5.74, 6) is 0.940. The number of aryl methyl sites for hydroxylation is 1. The number of nitrogens with one attached hydrogen (secondary N) is 1. The highest BCUT2D eigenvalue weighted by Gasteiger charge is 2.26. The van der Waals surface area contributed by atoms with Crippen molar-refractivity contribution in [1.82, 2.24) is 4.98 Å². The molecule has 0 saturated carbocycles. The molecule has 124 valence electrons. The van der Waals surface area contributed by atoms with Gasteiger partial charge in [0.2, 0.25) is 0 Å². The summed E-state index contributed by atoms with van der Waals surface area (Å²) in [5, 5.41) is 4.50. The van der Waals surface area contributed by atoms with Gasteiger partial charge in [-0.2, -0.15) is 0 Å². The van der Waals surface area contributed by atoms with Gasteiger partial charge in [0.15, 0.2) is 0 Å². The van der Waals surface area contributed by atoms with Gasteiger partial charge >= 0.3 is 0 Å². The van der Waals surface area contributed by atoms with E-state index in [0.29, 0.717) is 6.04 Å². The van der Waals surface area contributed by atoms with Gasteiger partial charge in [0.1, 0.15) is 24.9 Å². The first kappa shape index (κ1) is 15.6. The molecule has 0 unspecified atom stereocenters. The van der Waals surface area contributed by atoms with Gasteiger partial charge < -0.3 is 15.0 Å². The van der Waals surface area contributed by atoms with E-state index < -0.39 is 0 Å². The predicted octanol–water partition coefficient (Wildman–Crippen LogP) is 3.84. The fourth-order valence-electron chi connectivity index (χ4n) is 3.67. The van der Waals surface area contributed by atoms with Crippen molar-refractivity contribution in [3.05, 3.63) is 64.8 Å². The summed E-state index contributed by atoms with van der Waals surface area (Å²) in [6, 6.07) is 16.6. The van der Waals surface area contributed by atoms with Crippen molar-refractivity contribution in [1.29, 1.82) is 0 Å². The lowest BCUT2D eigenvalue weighted by atomic mass is 9.92. The molecule has 3 aromatic rings. The van der Waals surface area contributed by atoms with Crippen LogP contribution >= 0.6 is 11.6 Å². The lowest BCUT2D eigenvalue weighted by molar-refractivity contribution is -0.698. The van der Waals surface area contributed by atoms with E-state index in [9.17, 15) is 0 Å². The number of hydrogen-bond donors (Lipinski definition) is 2. The molecule has 0 amide bonds. The Morgan fingerprint density at radius 2 is 2.04 bits per heavy atom. The second kappa shape index (κ2) is 6.88. The van der Waals surface area contributed by atoms with Crippen LogP contribution in [0.3, 0.4) is 0 Å². The molecule has 0 fully saturated rings. The SMILES string of the molecule is Clc1ccc2[nH]c3c(c2c1)CCC[C@H]3[NH2+]CCOc1ccccc1. The van der Waals surface area contributed by atoms with Crippen LogP contribution < -0.4 is 10.1 Å². The smallest absolute Gasteiger partial charge is 0.137 e. The number of H-pyrrole nitrogens is 1. The van der Waals surface area contributed by atoms with Gasteiger partial charge in [0.05, 0.1) is 5.69 Å². The topological polar surface area (TPSA) is 41.6 Å². The number of para-hydroxylation sites is 1. The van der Waals surface area contributed by atoms with E-state index >= 15 is 0 Å². The summed E-state index contributed by atoms with van der Waals surface area (Å²) in [6.45, 7) is 1.68. The van der Waals surface area contributed by atoms with Crippen molar-refractivity contribution < 1.29 is 10.1 Å². The van der Waals surface area contributed by atoms with E-state index in [4.69, 9.17) is 16.3 Å².